The summed E-state index contributed by atoms with van der Waals surface area (Å²) >= 11 is 0. The molecule has 0 aliphatic carbocycles. The molecule has 0 aliphatic heterocycles. The molecule has 100 valence electrons. The molecule has 0 heterocycles. The molecule has 1 unspecified atom stereocenters. The number of aryl methyl sites for hydroxylation is 3. The first-order valence-corrected chi connectivity index (χ1v) is 6.57. The summed E-state index contributed by atoms with van der Waals surface area (Å²) in [6.07, 6.45) is 0. The van der Waals surface area contributed by atoms with Crippen molar-refractivity contribution in [2.75, 3.05) is 5.32 Å². The third-order valence-electron chi connectivity index (χ3n) is 3.46. The highest BCUT2D eigenvalue weighted by Crippen LogP contribution is 2.24. The molecule has 0 bridgehead atoms. The summed E-state index contributed by atoms with van der Waals surface area (Å²) in [7, 11) is 0. The fourth-order valence-electron chi connectivity index (χ4n) is 2.24. The van der Waals surface area contributed by atoms with Crippen molar-refractivity contribution >= 4 is 5.69 Å². The van der Waals surface area contributed by atoms with E-state index in [0.29, 0.717) is 5.56 Å². The van der Waals surface area contributed by atoms with E-state index in [1.54, 1.807) is 19.1 Å². The van der Waals surface area contributed by atoms with Gasteiger partial charge in [0.05, 0.1) is 0 Å². The van der Waals surface area contributed by atoms with Crippen molar-refractivity contribution < 1.29 is 4.39 Å². The molecule has 0 aromatic heterocycles. The zero-order valence-corrected chi connectivity index (χ0v) is 11.9. The Hall–Kier alpha value is -1.83. The van der Waals surface area contributed by atoms with E-state index in [2.05, 4.69) is 44.3 Å². The predicted molar refractivity (Wildman–Crippen MR) is 79.1 cm³/mol. The third-order valence-corrected chi connectivity index (χ3v) is 3.46. The van der Waals surface area contributed by atoms with Crippen LogP contribution in [0.25, 0.3) is 0 Å². The molecule has 0 fully saturated rings. The zero-order chi connectivity index (χ0) is 14.0. The SMILES string of the molecule is Cc1ccc(C)c(C(C)Nc2ccc(C)c(F)c2)c1. The van der Waals surface area contributed by atoms with E-state index in [-0.39, 0.29) is 11.9 Å². The van der Waals surface area contributed by atoms with Gasteiger partial charge in [-0.05, 0) is 56.5 Å². The van der Waals surface area contributed by atoms with Gasteiger partial charge in [0.15, 0.2) is 0 Å². The second-order valence-corrected chi connectivity index (χ2v) is 5.19. The summed E-state index contributed by atoms with van der Waals surface area (Å²) in [6.45, 7) is 8.05. The maximum absolute atomic E-state index is 13.5. The highest BCUT2D eigenvalue weighted by molar-refractivity contribution is 5.48. The van der Waals surface area contributed by atoms with Crippen LogP contribution in [0.1, 0.15) is 35.2 Å². The van der Waals surface area contributed by atoms with Crippen molar-refractivity contribution in [3.8, 4) is 0 Å². The summed E-state index contributed by atoms with van der Waals surface area (Å²) in [5.74, 6) is -0.168. The Morgan fingerprint density at radius 2 is 1.63 bits per heavy atom. The quantitative estimate of drug-likeness (QED) is 0.822. The number of benzene rings is 2. The fraction of sp³-hybridized carbons (Fsp3) is 0.294. The van der Waals surface area contributed by atoms with Crippen LogP contribution in [-0.4, -0.2) is 0 Å². The summed E-state index contributed by atoms with van der Waals surface area (Å²) in [6, 6.07) is 11.8. The van der Waals surface area contributed by atoms with Gasteiger partial charge < -0.3 is 5.32 Å². The second kappa shape index (κ2) is 5.43. The maximum Gasteiger partial charge on any atom is 0.128 e. The van der Waals surface area contributed by atoms with Gasteiger partial charge in [-0.15, -0.1) is 0 Å². The van der Waals surface area contributed by atoms with Gasteiger partial charge in [-0.2, -0.15) is 0 Å². The van der Waals surface area contributed by atoms with Gasteiger partial charge in [-0.3, -0.25) is 0 Å². The molecular formula is C17H20FN. The van der Waals surface area contributed by atoms with Crippen molar-refractivity contribution in [2.45, 2.75) is 33.7 Å². The van der Waals surface area contributed by atoms with Crippen molar-refractivity contribution in [3.63, 3.8) is 0 Å². The maximum atomic E-state index is 13.5. The highest BCUT2D eigenvalue weighted by Gasteiger charge is 2.09. The number of rotatable bonds is 3. The normalized spacial score (nSPS) is 12.3. The number of hydrogen-bond donors (Lipinski definition) is 1. The molecule has 2 rings (SSSR count). The standard InChI is InChI=1S/C17H20FN/c1-11-5-6-12(2)16(9-11)14(4)19-15-8-7-13(3)17(18)10-15/h5-10,14,19H,1-4H3. The molecule has 19 heavy (non-hydrogen) atoms. The topological polar surface area (TPSA) is 12.0 Å². The minimum Gasteiger partial charge on any atom is -0.378 e. The van der Waals surface area contributed by atoms with Gasteiger partial charge in [0.25, 0.3) is 0 Å². The van der Waals surface area contributed by atoms with Crippen LogP contribution in [0.4, 0.5) is 10.1 Å². The fourth-order valence-corrected chi connectivity index (χ4v) is 2.24. The molecule has 0 amide bonds. The third kappa shape index (κ3) is 3.14. The van der Waals surface area contributed by atoms with Gasteiger partial charge in [0, 0.05) is 11.7 Å². The molecule has 2 aromatic rings. The first-order chi connectivity index (χ1) is 8.97. The molecule has 1 nitrogen and oxygen atoms in total. The van der Waals surface area contributed by atoms with Crippen LogP contribution in [0.3, 0.4) is 0 Å². The van der Waals surface area contributed by atoms with E-state index >= 15 is 0 Å². The largest absolute Gasteiger partial charge is 0.378 e. The van der Waals surface area contributed by atoms with Gasteiger partial charge in [-0.1, -0.05) is 29.8 Å². The lowest BCUT2D eigenvalue weighted by Gasteiger charge is -2.19. The Morgan fingerprint density at radius 1 is 0.947 bits per heavy atom. The first kappa shape index (κ1) is 13.6. The van der Waals surface area contributed by atoms with Crippen LogP contribution in [-0.2, 0) is 0 Å². The number of nitrogens with one attached hydrogen (secondary N) is 1. The Bertz CT molecular complexity index is 590. The molecular weight excluding hydrogens is 237 g/mol. The van der Waals surface area contributed by atoms with E-state index < -0.39 is 0 Å². The van der Waals surface area contributed by atoms with Gasteiger partial charge in [0.2, 0.25) is 0 Å². The molecule has 0 saturated heterocycles. The van der Waals surface area contributed by atoms with Gasteiger partial charge >= 0.3 is 0 Å². The van der Waals surface area contributed by atoms with Crippen molar-refractivity contribution in [1.82, 2.24) is 0 Å². The molecule has 1 atom stereocenters. The average molecular weight is 257 g/mol. The molecule has 2 heteroatoms. The first-order valence-electron chi connectivity index (χ1n) is 6.57. The lowest BCUT2D eigenvalue weighted by atomic mass is 10.00. The molecule has 0 aliphatic rings. The van der Waals surface area contributed by atoms with E-state index in [1.165, 1.54) is 16.7 Å². The molecule has 2 aromatic carbocycles. The number of anilines is 1. The van der Waals surface area contributed by atoms with Crippen molar-refractivity contribution in [1.29, 1.82) is 0 Å². The summed E-state index contributed by atoms with van der Waals surface area (Å²) in [5.41, 5.74) is 5.23. The van der Waals surface area contributed by atoms with Crippen LogP contribution in [0.2, 0.25) is 0 Å². The molecule has 0 saturated carbocycles. The number of hydrogen-bond acceptors (Lipinski definition) is 1. The second-order valence-electron chi connectivity index (χ2n) is 5.19. The summed E-state index contributed by atoms with van der Waals surface area (Å²) < 4.78 is 13.5. The lowest BCUT2D eigenvalue weighted by molar-refractivity contribution is 0.618. The number of halogens is 1. The smallest absolute Gasteiger partial charge is 0.128 e. The van der Waals surface area contributed by atoms with Gasteiger partial charge in [0.1, 0.15) is 5.82 Å². The van der Waals surface area contributed by atoms with Crippen LogP contribution in [0.5, 0.6) is 0 Å². The Kier molecular flexibility index (Phi) is 3.89. The molecule has 0 radical (unpaired) electrons. The summed E-state index contributed by atoms with van der Waals surface area (Å²) in [4.78, 5) is 0. The van der Waals surface area contributed by atoms with Gasteiger partial charge in [-0.25, -0.2) is 4.39 Å². The lowest BCUT2D eigenvalue weighted by Crippen LogP contribution is -2.08. The Balaban J connectivity index is 2.22. The van der Waals surface area contributed by atoms with E-state index in [9.17, 15) is 4.39 Å². The highest BCUT2D eigenvalue weighted by atomic mass is 19.1. The Labute approximate surface area is 114 Å². The molecule has 0 spiro atoms. The van der Waals surface area contributed by atoms with Crippen LogP contribution in [0, 0.1) is 26.6 Å². The minimum atomic E-state index is -0.168. The van der Waals surface area contributed by atoms with E-state index in [4.69, 9.17) is 0 Å². The van der Waals surface area contributed by atoms with Crippen molar-refractivity contribution in [3.05, 3.63) is 64.5 Å². The van der Waals surface area contributed by atoms with E-state index in [1.807, 2.05) is 6.07 Å². The zero-order valence-electron chi connectivity index (χ0n) is 11.9. The Morgan fingerprint density at radius 3 is 2.32 bits per heavy atom. The minimum absolute atomic E-state index is 0.155. The van der Waals surface area contributed by atoms with E-state index in [0.717, 1.165) is 5.69 Å². The predicted octanol–water partition coefficient (Wildman–Crippen LogP) is 4.92. The molecule has 1 N–H and O–H groups in total. The summed E-state index contributed by atoms with van der Waals surface area (Å²) in [5, 5.41) is 3.35. The van der Waals surface area contributed by atoms with Crippen molar-refractivity contribution in [2.24, 2.45) is 0 Å². The monoisotopic (exact) mass is 257 g/mol. The average Bonchev–Trinajstić information content (AvgIpc) is 2.36. The van der Waals surface area contributed by atoms with Crippen LogP contribution < -0.4 is 5.32 Å². The van der Waals surface area contributed by atoms with Crippen LogP contribution >= 0.6 is 0 Å². The van der Waals surface area contributed by atoms with Crippen LogP contribution in [0.15, 0.2) is 36.4 Å².